The lowest BCUT2D eigenvalue weighted by atomic mass is 10.2. The van der Waals surface area contributed by atoms with Crippen molar-refractivity contribution in [1.82, 2.24) is 9.47 Å². The van der Waals surface area contributed by atoms with E-state index in [4.69, 9.17) is 12.2 Å². The van der Waals surface area contributed by atoms with Crippen LogP contribution in [0.4, 0.5) is 0 Å². The molecule has 1 amide bonds. The number of hydrogen-bond donors (Lipinski definition) is 0. The van der Waals surface area contributed by atoms with Gasteiger partial charge in [-0.25, -0.2) is 0 Å². The predicted octanol–water partition coefficient (Wildman–Crippen LogP) is 5.80. The maximum Gasteiger partial charge on any atom is 0.266 e. The van der Waals surface area contributed by atoms with Crippen molar-refractivity contribution in [2.45, 2.75) is 27.3 Å². The fourth-order valence-corrected chi connectivity index (χ4v) is 4.81. The van der Waals surface area contributed by atoms with Crippen molar-refractivity contribution in [2.75, 3.05) is 0 Å². The molecular weight excluding hydrogens is 396 g/mol. The largest absolute Gasteiger partial charge is 0.318 e. The molecule has 1 fully saturated rings. The van der Waals surface area contributed by atoms with E-state index in [2.05, 4.69) is 55.7 Å². The van der Waals surface area contributed by atoms with Gasteiger partial charge in [0, 0.05) is 17.1 Å². The van der Waals surface area contributed by atoms with E-state index < -0.39 is 0 Å². The molecule has 2 heterocycles. The van der Waals surface area contributed by atoms with E-state index in [1.165, 1.54) is 17.3 Å². The first-order valence-corrected chi connectivity index (χ1v) is 10.7. The van der Waals surface area contributed by atoms with Crippen LogP contribution in [0.15, 0.2) is 65.6 Å². The summed E-state index contributed by atoms with van der Waals surface area (Å²) in [5.41, 5.74) is 6.73. The molecule has 29 heavy (non-hydrogen) atoms. The van der Waals surface area contributed by atoms with Gasteiger partial charge in [-0.15, -0.1) is 0 Å². The maximum atomic E-state index is 13.0. The van der Waals surface area contributed by atoms with Crippen LogP contribution >= 0.6 is 24.0 Å². The van der Waals surface area contributed by atoms with Crippen LogP contribution in [0.25, 0.3) is 11.8 Å². The summed E-state index contributed by atoms with van der Waals surface area (Å²) < 4.78 is 2.83. The van der Waals surface area contributed by atoms with Crippen LogP contribution < -0.4 is 0 Å². The van der Waals surface area contributed by atoms with Crippen molar-refractivity contribution < 1.29 is 4.79 Å². The van der Waals surface area contributed by atoms with Crippen molar-refractivity contribution >= 4 is 40.3 Å². The smallest absolute Gasteiger partial charge is 0.266 e. The molecule has 0 N–H and O–H groups in total. The summed E-state index contributed by atoms with van der Waals surface area (Å²) in [4.78, 5) is 15.3. The van der Waals surface area contributed by atoms with Gasteiger partial charge in [0.15, 0.2) is 0 Å². The maximum absolute atomic E-state index is 13.0. The minimum absolute atomic E-state index is 0.0241. The fraction of sp³-hybridized carbons (Fsp3) is 0.167. The number of thioether (sulfide) groups is 1. The minimum Gasteiger partial charge on any atom is -0.318 e. The second-order valence-corrected chi connectivity index (χ2v) is 8.93. The SMILES string of the molecule is Cc1ccc(-n2c(C)cc(/C=C3/SC(=S)N(Cc4ccccc4)C3=O)c2C)cc1. The number of amides is 1. The van der Waals surface area contributed by atoms with E-state index in [9.17, 15) is 4.79 Å². The number of nitrogens with zero attached hydrogens (tertiary/aromatic N) is 2. The summed E-state index contributed by atoms with van der Waals surface area (Å²) in [6.07, 6.45) is 1.97. The van der Waals surface area contributed by atoms with Crippen LogP contribution in [0.2, 0.25) is 0 Å². The summed E-state index contributed by atoms with van der Waals surface area (Å²) in [6.45, 7) is 6.77. The normalized spacial score (nSPS) is 15.6. The van der Waals surface area contributed by atoms with Crippen LogP contribution in [0.5, 0.6) is 0 Å². The van der Waals surface area contributed by atoms with Crippen molar-refractivity contribution in [3.63, 3.8) is 0 Å². The summed E-state index contributed by atoms with van der Waals surface area (Å²) in [5, 5.41) is 0. The predicted molar refractivity (Wildman–Crippen MR) is 125 cm³/mol. The van der Waals surface area contributed by atoms with Gasteiger partial charge in [0.25, 0.3) is 5.91 Å². The number of benzene rings is 2. The van der Waals surface area contributed by atoms with E-state index >= 15 is 0 Å². The Morgan fingerprint density at radius 2 is 1.69 bits per heavy atom. The summed E-state index contributed by atoms with van der Waals surface area (Å²) in [6, 6.07) is 20.5. The Bertz CT molecular complexity index is 1110. The molecule has 146 valence electrons. The molecule has 2 aromatic carbocycles. The summed E-state index contributed by atoms with van der Waals surface area (Å²) in [5.74, 6) is -0.0241. The number of carbonyl (C=O) groups excluding carboxylic acids is 1. The van der Waals surface area contributed by atoms with Gasteiger partial charge in [0.2, 0.25) is 0 Å². The molecule has 3 aromatic rings. The van der Waals surface area contributed by atoms with Gasteiger partial charge < -0.3 is 4.57 Å². The lowest BCUT2D eigenvalue weighted by molar-refractivity contribution is -0.122. The Labute approximate surface area is 181 Å². The fourth-order valence-electron chi connectivity index (χ4n) is 3.57. The zero-order valence-corrected chi connectivity index (χ0v) is 18.3. The average molecular weight is 419 g/mol. The molecular formula is C24H22N2OS2. The van der Waals surface area contributed by atoms with Gasteiger partial charge in [0.1, 0.15) is 4.32 Å². The highest BCUT2D eigenvalue weighted by molar-refractivity contribution is 8.26. The van der Waals surface area contributed by atoms with Crippen molar-refractivity contribution in [3.8, 4) is 5.69 Å². The Hall–Kier alpha value is -2.63. The minimum atomic E-state index is -0.0241. The van der Waals surface area contributed by atoms with E-state index in [0.717, 1.165) is 28.2 Å². The third kappa shape index (κ3) is 3.93. The van der Waals surface area contributed by atoms with E-state index in [-0.39, 0.29) is 5.91 Å². The number of rotatable bonds is 4. The highest BCUT2D eigenvalue weighted by Crippen LogP contribution is 2.35. The molecule has 3 nitrogen and oxygen atoms in total. The van der Waals surface area contributed by atoms with Gasteiger partial charge in [-0.05, 0) is 56.2 Å². The third-order valence-electron chi connectivity index (χ3n) is 5.11. The quantitative estimate of drug-likeness (QED) is 0.395. The molecule has 0 bridgehead atoms. The van der Waals surface area contributed by atoms with Crippen LogP contribution in [-0.4, -0.2) is 19.7 Å². The van der Waals surface area contributed by atoms with Crippen LogP contribution in [-0.2, 0) is 11.3 Å². The van der Waals surface area contributed by atoms with Crippen LogP contribution in [0.1, 0.15) is 28.1 Å². The van der Waals surface area contributed by atoms with Gasteiger partial charge in [-0.1, -0.05) is 72.0 Å². The van der Waals surface area contributed by atoms with E-state index in [1.807, 2.05) is 36.4 Å². The Kier molecular flexibility index (Phi) is 5.43. The van der Waals surface area contributed by atoms with Crippen LogP contribution in [0, 0.1) is 20.8 Å². The number of thiocarbonyl (C=S) groups is 1. The van der Waals surface area contributed by atoms with Crippen molar-refractivity contribution in [2.24, 2.45) is 0 Å². The molecule has 1 aromatic heterocycles. The first kappa shape index (κ1) is 19.7. The number of aromatic nitrogens is 1. The lowest BCUT2D eigenvalue weighted by Crippen LogP contribution is -2.27. The van der Waals surface area contributed by atoms with Gasteiger partial charge in [-0.3, -0.25) is 9.69 Å². The first-order valence-electron chi connectivity index (χ1n) is 9.49. The Morgan fingerprint density at radius 3 is 2.38 bits per heavy atom. The van der Waals surface area contributed by atoms with Crippen molar-refractivity contribution in [1.29, 1.82) is 0 Å². The summed E-state index contributed by atoms with van der Waals surface area (Å²) in [7, 11) is 0. The first-order chi connectivity index (χ1) is 13.9. The molecule has 0 unspecified atom stereocenters. The molecule has 0 aliphatic carbocycles. The zero-order chi connectivity index (χ0) is 20.5. The highest BCUT2D eigenvalue weighted by atomic mass is 32.2. The number of carbonyl (C=O) groups is 1. The highest BCUT2D eigenvalue weighted by Gasteiger charge is 2.32. The number of hydrogen-bond acceptors (Lipinski definition) is 3. The van der Waals surface area contributed by atoms with E-state index in [1.54, 1.807) is 4.90 Å². The second kappa shape index (κ2) is 8.01. The molecule has 0 radical (unpaired) electrons. The van der Waals surface area contributed by atoms with Gasteiger partial charge in [-0.2, -0.15) is 0 Å². The topological polar surface area (TPSA) is 25.2 Å². The molecule has 0 atom stereocenters. The zero-order valence-electron chi connectivity index (χ0n) is 16.7. The van der Waals surface area contributed by atoms with Gasteiger partial charge >= 0.3 is 0 Å². The van der Waals surface area contributed by atoms with Crippen molar-refractivity contribution in [3.05, 3.63) is 93.6 Å². The molecule has 0 spiro atoms. The molecule has 1 aliphatic rings. The monoisotopic (exact) mass is 418 g/mol. The molecule has 5 heteroatoms. The molecule has 1 saturated heterocycles. The Morgan fingerprint density at radius 1 is 1.00 bits per heavy atom. The standard InChI is InChI=1S/C24H22N2OS2/c1-16-9-11-21(12-10-16)26-17(2)13-20(18(26)3)14-22-23(27)25(24(28)29-22)15-19-7-5-4-6-8-19/h4-14H,15H2,1-3H3/b22-14+. The summed E-state index contributed by atoms with van der Waals surface area (Å²) >= 11 is 6.86. The van der Waals surface area contributed by atoms with Gasteiger partial charge in [0.05, 0.1) is 11.4 Å². The molecule has 0 saturated carbocycles. The van der Waals surface area contributed by atoms with E-state index in [0.29, 0.717) is 15.8 Å². The third-order valence-corrected chi connectivity index (χ3v) is 6.48. The average Bonchev–Trinajstić information content (AvgIpc) is 3.13. The Balaban J connectivity index is 1.63. The molecule has 1 aliphatic heterocycles. The second-order valence-electron chi connectivity index (χ2n) is 7.25. The van der Waals surface area contributed by atoms with Crippen LogP contribution in [0.3, 0.4) is 0 Å². The number of aryl methyl sites for hydroxylation is 2. The molecule has 4 rings (SSSR count). The lowest BCUT2D eigenvalue weighted by Gasteiger charge is -2.14.